The molecule has 1 unspecified atom stereocenters. The number of halogens is 1. The SMILES string of the molecule is O=C(O)c1cc(I)cn1CCC1CCOC1. The van der Waals surface area contributed by atoms with Gasteiger partial charge in [0.15, 0.2) is 0 Å². The molecule has 0 radical (unpaired) electrons. The van der Waals surface area contributed by atoms with E-state index in [-0.39, 0.29) is 0 Å². The highest BCUT2D eigenvalue weighted by atomic mass is 127. The van der Waals surface area contributed by atoms with Crippen LogP contribution in [0.2, 0.25) is 0 Å². The van der Waals surface area contributed by atoms with Gasteiger partial charge in [0.25, 0.3) is 0 Å². The van der Waals surface area contributed by atoms with Crippen molar-refractivity contribution in [3.8, 4) is 0 Å². The van der Waals surface area contributed by atoms with E-state index in [1.165, 1.54) is 0 Å². The lowest BCUT2D eigenvalue weighted by Crippen LogP contribution is -2.11. The number of rotatable bonds is 4. The normalized spacial score (nSPS) is 20.2. The van der Waals surface area contributed by atoms with Crippen molar-refractivity contribution in [2.75, 3.05) is 13.2 Å². The molecule has 2 heterocycles. The summed E-state index contributed by atoms with van der Waals surface area (Å²) in [5, 5.41) is 9.02. The summed E-state index contributed by atoms with van der Waals surface area (Å²) in [4.78, 5) is 11.0. The second kappa shape index (κ2) is 5.18. The summed E-state index contributed by atoms with van der Waals surface area (Å²) in [5.74, 6) is -0.271. The average molecular weight is 335 g/mol. The second-order valence-electron chi connectivity index (χ2n) is 4.06. The van der Waals surface area contributed by atoms with Crippen molar-refractivity contribution in [2.24, 2.45) is 5.92 Å². The lowest BCUT2D eigenvalue weighted by molar-refractivity contribution is 0.0684. The van der Waals surface area contributed by atoms with E-state index in [4.69, 9.17) is 9.84 Å². The molecule has 16 heavy (non-hydrogen) atoms. The van der Waals surface area contributed by atoms with E-state index in [9.17, 15) is 4.79 Å². The third kappa shape index (κ3) is 2.76. The smallest absolute Gasteiger partial charge is 0.352 e. The number of hydrogen-bond acceptors (Lipinski definition) is 2. The van der Waals surface area contributed by atoms with Crippen LogP contribution >= 0.6 is 22.6 Å². The maximum absolute atomic E-state index is 11.0. The maximum Gasteiger partial charge on any atom is 0.352 e. The van der Waals surface area contributed by atoms with Gasteiger partial charge in [0.05, 0.1) is 0 Å². The summed E-state index contributed by atoms with van der Waals surface area (Å²) in [6.07, 6.45) is 3.98. The molecule has 0 bridgehead atoms. The number of carbonyl (C=O) groups is 1. The van der Waals surface area contributed by atoms with Crippen molar-refractivity contribution < 1.29 is 14.6 Å². The Morgan fingerprint density at radius 3 is 3.12 bits per heavy atom. The highest BCUT2D eigenvalue weighted by Crippen LogP contribution is 2.19. The molecule has 1 fully saturated rings. The Bertz CT molecular complexity index is 383. The van der Waals surface area contributed by atoms with Gasteiger partial charge in [-0.05, 0) is 47.4 Å². The number of hydrogen-bond donors (Lipinski definition) is 1. The Kier molecular flexibility index (Phi) is 3.86. The van der Waals surface area contributed by atoms with Gasteiger partial charge >= 0.3 is 5.97 Å². The number of aryl methyl sites for hydroxylation is 1. The molecule has 0 aliphatic carbocycles. The second-order valence-corrected chi connectivity index (χ2v) is 5.31. The van der Waals surface area contributed by atoms with Crippen molar-refractivity contribution >= 4 is 28.6 Å². The van der Waals surface area contributed by atoms with Crippen LogP contribution in [0.25, 0.3) is 0 Å². The highest BCUT2D eigenvalue weighted by Gasteiger charge is 2.17. The molecule has 1 saturated heterocycles. The van der Waals surface area contributed by atoms with Crippen LogP contribution in [0, 0.1) is 9.49 Å². The molecule has 1 aliphatic rings. The van der Waals surface area contributed by atoms with Crippen LogP contribution in [0.1, 0.15) is 23.3 Å². The Morgan fingerprint density at radius 1 is 1.69 bits per heavy atom. The molecule has 0 aromatic carbocycles. The Balaban J connectivity index is 1.99. The van der Waals surface area contributed by atoms with E-state index in [1.54, 1.807) is 6.07 Å². The van der Waals surface area contributed by atoms with Gasteiger partial charge in [-0.15, -0.1) is 0 Å². The molecule has 1 atom stereocenters. The zero-order chi connectivity index (χ0) is 11.5. The lowest BCUT2D eigenvalue weighted by Gasteiger charge is -2.09. The van der Waals surface area contributed by atoms with Crippen LogP contribution in [-0.2, 0) is 11.3 Å². The quantitative estimate of drug-likeness (QED) is 0.859. The highest BCUT2D eigenvalue weighted by molar-refractivity contribution is 14.1. The molecule has 2 rings (SSSR count). The first-order valence-electron chi connectivity index (χ1n) is 5.33. The number of aromatic carboxylic acids is 1. The van der Waals surface area contributed by atoms with Crippen LogP contribution in [-0.4, -0.2) is 28.9 Å². The summed E-state index contributed by atoms with van der Waals surface area (Å²) in [6, 6.07) is 1.70. The minimum absolute atomic E-state index is 0.378. The van der Waals surface area contributed by atoms with E-state index in [1.807, 2.05) is 10.8 Å². The van der Waals surface area contributed by atoms with Crippen molar-refractivity contribution in [3.05, 3.63) is 21.5 Å². The Labute approximate surface area is 108 Å². The van der Waals surface area contributed by atoms with Gasteiger partial charge in [-0.2, -0.15) is 0 Å². The van der Waals surface area contributed by atoms with E-state index >= 15 is 0 Å². The van der Waals surface area contributed by atoms with Crippen LogP contribution in [0.5, 0.6) is 0 Å². The van der Waals surface area contributed by atoms with Gasteiger partial charge < -0.3 is 14.4 Å². The number of carboxylic acid groups (broad SMARTS) is 1. The zero-order valence-electron chi connectivity index (χ0n) is 8.86. The lowest BCUT2D eigenvalue weighted by atomic mass is 10.1. The van der Waals surface area contributed by atoms with Gasteiger partial charge in [-0.25, -0.2) is 4.79 Å². The van der Waals surface area contributed by atoms with Crippen LogP contribution < -0.4 is 0 Å². The summed E-state index contributed by atoms with van der Waals surface area (Å²) in [7, 11) is 0. The number of nitrogens with zero attached hydrogens (tertiary/aromatic N) is 1. The van der Waals surface area contributed by atoms with Gasteiger partial charge in [-0.1, -0.05) is 0 Å². The first kappa shape index (κ1) is 11.9. The van der Waals surface area contributed by atoms with Crippen molar-refractivity contribution in [2.45, 2.75) is 19.4 Å². The number of ether oxygens (including phenoxy) is 1. The van der Waals surface area contributed by atoms with E-state index in [0.717, 1.165) is 36.2 Å². The molecular weight excluding hydrogens is 321 g/mol. The summed E-state index contributed by atoms with van der Waals surface area (Å²) in [5.41, 5.74) is 0.378. The van der Waals surface area contributed by atoms with Gasteiger partial charge in [-0.3, -0.25) is 0 Å². The summed E-state index contributed by atoms with van der Waals surface area (Å²) in [6.45, 7) is 2.43. The Morgan fingerprint density at radius 2 is 2.50 bits per heavy atom. The predicted octanol–water partition coefficient (Wildman–Crippen LogP) is 2.22. The van der Waals surface area contributed by atoms with Gasteiger partial charge in [0, 0.05) is 29.5 Å². The summed E-state index contributed by atoms with van der Waals surface area (Å²) >= 11 is 2.14. The maximum atomic E-state index is 11.0. The first-order valence-corrected chi connectivity index (χ1v) is 6.41. The predicted molar refractivity (Wildman–Crippen MR) is 67.7 cm³/mol. The molecule has 0 amide bonds. The topological polar surface area (TPSA) is 51.5 Å². The van der Waals surface area contributed by atoms with E-state index < -0.39 is 5.97 Å². The molecule has 4 nitrogen and oxygen atoms in total. The molecule has 1 aromatic heterocycles. The molecule has 88 valence electrons. The van der Waals surface area contributed by atoms with Crippen molar-refractivity contribution in [3.63, 3.8) is 0 Å². The van der Waals surface area contributed by atoms with Gasteiger partial charge in [0.2, 0.25) is 0 Å². The monoisotopic (exact) mass is 335 g/mol. The fourth-order valence-electron chi connectivity index (χ4n) is 1.97. The zero-order valence-corrected chi connectivity index (χ0v) is 11.0. The molecule has 1 aliphatic heterocycles. The average Bonchev–Trinajstić information content (AvgIpc) is 2.83. The number of carboxylic acids is 1. The molecule has 0 saturated carbocycles. The fourth-order valence-corrected chi connectivity index (χ4v) is 2.60. The largest absolute Gasteiger partial charge is 0.477 e. The molecule has 1 N–H and O–H groups in total. The first-order chi connectivity index (χ1) is 7.66. The van der Waals surface area contributed by atoms with Crippen LogP contribution in [0.4, 0.5) is 0 Å². The van der Waals surface area contributed by atoms with Crippen LogP contribution in [0.3, 0.4) is 0 Å². The minimum Gasteiger partial charge on any atom is -0.477 e. The van der Waals surface area contributed by atoms with E-state index in [2.05, 4.69) is 22.6 Å². The third-order valence-electron chi connectivity index (χ3n) is 2.88. The third-order valence-corrected chi connectivity index (χ3v) is 3.47. The standard InChI is InChI=1S/C11H14INO3/c12-9-5-10(11(14)15)13(6-9)3-1-8-2-4-16-7-8/h5-6,8H,1-4,7H2,(H,14,15). The van der Waals surface area contributed by atoms with Crippen molar-refractivity contribution in [1.82, 2.24) is 4.57 Å². The van der Waals surface area contributed by atoms with Crippen LogP contribution in [0.15, 0.2) is 12.3 Å². The van der Waals surface area contributed by atoms with Gasteiger partial charge in [0.1, 0.15) is 5.69 Å². The molecule has 1 aromatic rings. The minimum atomic E-state index is -0.856. The van der Waals surface area contributed by atoms with Crippen molar-refractivity contribution in [1.29, 1.82) is 0 Å². The molecular formula is C11H14INO3. The summed E-state index contributed by atoms with van der Waals surface area (Å²) < 4.78 is 8.09. The Hall–Kier alpha value is -0.560. The molecule has 5 heteroatoms. The molecule has 0 spiro atoms. The van der Waals surface area contributed by atoms with E-state index in [0.29, 0.717) is 11.6 Å². The fraction of sp³-hybridized carbons (Fsp3) is 0.545. The number of aromatic nitrogens is 1.